The fourth-order valence-corrected chi connectivity index (χ4v) is 4.91. The van der Waals surface area contributed by atoms with Crippen LogP contribution in [0.3, 0.4) is 0 Å². The molecule has 5 rings (SSSR count). The quantitative estimate of drug-likeness (QED) is 0.165. The van der Waals surface area contributed by atoms with E-state index >= 15 is 26.3 Å². The highest BCUT2D eigenvalue weighted by molar-refractivity contribution is 6.40. The molecule has 0 fully saturated rings. The first-order valence-corrected chi connectivity index (χ1v) is 12.2. The van der Waals surface area contributed by atoms with Gasteiger partial charge in [0.15, 0.2) is 58.2 Å². The summed E-state index contributed by atoms with van der Waals surface area (Å²) in [5, 5.41) is 47.0. The van der Waals surface area contributed by atoms with Gasteiger partial charge in [-0.2, -0.15) is 26.3 Å². The number of benzene rings is 3. The highest BCUT2D eigenvalue weighted by Crippen LogP contribution is 2.53. The zero-order valence-electron chi connectivity index (χ0n) is 22.4. The molecule has 3 aromatic carbocycles. The lowest BCUT2D eigenvalue weighted by Crippen LogP contribution is -2.14. The molecular formula is C30H3F10N7. The number of hydrogen-bond donors (Lipinski definition) is 0. The zero-order chi connectivity index (χ0) is 34.8. The molecule has 0 N–H and O–H groups in total. The maximum atomic E-state index is 16.4. The largest absolute Gasteiger partial charge is 0.244 e. The fraction of sp³-hybridized carbons (Fsp3) is 0.0333. The second-order valence-electron chi connectivity index (χ2n) is 9.32. The average molecular weight is 651 g/mol. The van der Waals surface area contributed by atoms with Crippen molar-refractivity contribution in [3.05, 3.63) is 103 Å². The van der Waals surface area contributed by atoms with Crippen LogP contribution in [0.15, 0.2) is 21.1 Å². The molecule has 3 aromatic rings. The summed E-state index contributed by atoms with van der Waals surface area (Å²) in [6.07, 6.45) is 0. The second-order valence-corrected chi connectivity index (χ2v) is 9.32. The molecule has 0 saturated carbocycles. The van der Waals surface area contributed by atoms with Crippen LogP contribution in [0.4, 0.5) is 55.3 Å². The molecule has 47 heavy (non-hydrogen) atoms. The van der Waals surface area contributed by atoms with Crippen molar-refractivity contribution in [2.75, 3.05) is 0 Å². The molecule has 0 saturated heterocycles. The molecule has 0 spiro atoms. The van der Waals surface area contributed by atoms with Gasteiger partial charge in [0.25, 0.3) is 0 Å². The van der Waals surface area contributed by atoms with Crippen molar-refractivity contribution in [1.29, 1.82) is 26.3 Å². The van der Waals surface area contributed by atoms with Crippen molar-refractivity contribution in [2.24, 2.45) is 9.98 Å². The van der Waals surface area contributed by atoms with E-state index in [1.54, 1.807) is 0 Å². The van der Waals surface area contributed by atoms with Crippen LogP contribution in [0, 0.1) is 122 Å². The highest BCUT2D eigenvalue weighted by atomic mass is 19.2. The second kappa shape index (κ2) is 11.0. The summed E-state index contributed by atoms with van der Waals surface area (Å²) in [6.45, 7) is 0.644. The smallest absolute Gasteiger partial charge is 0.180 e. The van der Waals surface area contributed by atoms with Crippen LogP contribution >= 0.6 is 0 Å². The van der Waals surface area contributed by atoms with Gasteiger partial charge in [-0.15, -0.1) is 0 Å². The normalized spacial score (nSPS) is 12.6. The molecule has 228 valence electrons. The van der Waals surface area contributed by atoms with Gasteiger partial charge in [0.05, 0.1) is 33.7 Å². The van der Waals surface area contributed by atoms with Gasteiger partial charge >= 0.3 is 0 Å². The predicted octanol–water partition coefficient (Wildman–Crippen LogP) is 7.13. The summed E-state index contributed by atoms with van der Waals surface area (Å²) in [5.41, 5.74) is -19.6. The minimum absolute atomic E-state index is 0.644. The topological polar surface area (TPSA) is 144 Å². The van der Waals surface area contributed by atoms with E-state index in [0.29, 0.717) is 6.92 Å². The summed E-state index contributed by atoms with van der Waals surface area (Å²) in [4.78, 5) is 6.98. The molecule has 0 atom stereocenters. The maximum Gasteiger partial charge on any atom is 0.180 e. The van der Waals surface area contributed by atoms with E-state index < -0.39 is 137 Å². The molecule has 0 aromatic heterocycles. The molecule has 7 nitrogen and oxygen atoms in total. The van der Waals surface area contributed by atoms with Crippen LogP contribution in [0.5, 0.6) is 0 Å². The standard InChI is InChI=1S/C30H3F10N7/c1-7-17(31)21(35)15(22(36)18(7)32)27-11(8(2-41)3-42)13-25(39)30-14(26(40)29(13)46-27)12(9(4-43)5-44)28(47-30)16-23(37)19(33)10(6-45)20(34)24(16)38/h1H3. The molecule has 2 aliphatic heterocycles. The van der Waals surface area contributed by atoms with Crippen LogP contribution in [0.2, 0.25) is 0 Å². The number of allylic oxidation sites excluding steroid dienone is 4. The lowest BCUT2D eigenvalue weighted by atomic mass is 9.88. The summed E-state index contributed by atoms with van der Waals surface area (Å²) in [5.74, 6) is -21.3. The van der Waals surface area contributed by atoms with Gasteiger partial charge in [-0.1, -0.05) is 0 Å². The number of fused-ring (bicyclic) bond motifs is 2. The van der Waals surface area contributed by atoms with Gasteiger partial charge in [-0.05, 0) is 6.92 Å². The lowest BCUT2D eigenvalue weighted by molar-refractivity contribution is 0.443. The van der Waals surface area contributed by atoms with Gasteiger partial charge in [0.1, 0.15) is 58.4 Å². The van der Waals surface area contributed by atoms with E-state index in [0.717, 1.165) is 6.07 Å². The fourth-order valence-electron chi connectivity index (χ4n) is 4.91. The molecule has 0 radical (unpaired) electrons. The minimum atomic E-state index is -2.33. The first kappa shape index (κ1) is 31.6. The first-order valence-electron chi connectivity index (χ1n) is 12.2. The summed E-state index contributed by atoms with van der Waals surface area (Å²) < 4.78 is 151. The van der Waals surface area contributed by atoms with Crippen LogP contribution in [-0.4, -0.2) is 11.4 Å². The number of rotatable bonds is 2. The zero-order valence-corrected chi connectivity index (χ0v) is 22.4. The molecule has 0 aliphatic carbocycles. The Morgan fingerprint density at radius 1 is 0.447 bits per heavy atom. The molecule has 17 heteroatoms. The van der Waals surface area contributed by atoms with Crippen LogP contribution in [0.25, 0.3) is 11.1 Å². The number of hydrogen-bond acceptors (Lipinski definition) is 7. The van der Waals surface area contributed by atoms with Crippen LogP contribution in [-0.2, 0) is 0 Å². The first-order chi connectivity index (χ1) is 22.2. The maximum absolute atomic E-state index is 16.4. The molecule has 0 amide bonds. The van der Waals surface area contributed by atoms with Gasteiger partial charge < -0.3 is 0 Å². The van der Waals surface area contributed by atoms with Crippen LogP contribution in [0.1, 0.15) is 33.4 Å². The van der Waals surface area contributed by atoms with Gasteiger partial charge in [-0.3, -0.25) is 0 Å². The van der Waals surface area contributed by atoms with Gasteiger partial charge in [-0.25, -0.2) is 53.9 Å². The Kier molecular flexibility index (Phi) is 7.40. The van der Waals surface area contributed by atoms with Crippen molar-refractivity contribution in [3.8, 4) is 30.3 Å². The number of nitriles is 5. The van der Waals surface area contributed by atoms with Crippen molar-refractivity contribution < 1.29 is 43.9 Å². The molecule has 0 unspecified atom stereocenters. The van der Waals surface area contributed by atoms with E-state index in [1.807, 2.05) is 0 Å². The van der Waals surface area contributed by atoms with Crippen LogP contribution < -0.4 is 0 Å². The van der Waals surface area contributed by atoms with Crippen molar-refractivity contribution in [1.82, 2.24) is 0 Å². The summed E-state index contributed by atoms with van der Waals surface area (Å²) in [6, 6.07) is 5.72. The number of halogens is 10. The lowest BCUT2D eigenvalue weighted by Gasteiger charge is -2.13. The third kappa shape index (κ3) is 4.10. The Balaban J connectivity index is 1.97. The number of aliphatic imine (C=N–C) groups is 2. The van der Waals surface area contributed by atoms with Crippen molar-refractivity contribution in [2.45, 2.75) is 6.92 Å². The Morgan fingerprint density at radius 2 is 0.766 bits per heavy atom. The molecule has 2 heterocycles. The Morgan fingerprint density at radius 3 is 1.06 bits per heavy atom. The number of nitrogens with zero attached hydrogens (tertiary/aromatic N) is 7. The molecule has 2 aliphatic rings. The molecule has 0 bridgehead atoms. The SMILES string of the molecule is Cc1c(F)c(F)c(C2=Nc3c(F)c4c(c(F)c3C2=C(C#N)C#N)N=C(c2c(F)c(F)c(C#N)c(F)c2F)C4=C(C#N)C#N)c(F)c1F. The van der Waals surface area contributed by atoms with E-state index in [2.05, 4.69) is 9.98 Å². The minimum Gasteiger partial charge on any atom is -0.244 e. The van der Waals surface area contributed by atoms with E-state index in [-0.39, 0.29) is 0 Å². The Hall–Kier alpha value is -6.77. The monoisotopic (exact) mass is 651 g/mol. The third-order valence-electron chi connectivity index (χ3n) is 7.03. The predicted molar refractivity (Wildman–Crippen MR) is 137 cm³/mol. The van der Waals surface area contributed by atoms with E-state index in [1.165, 1.54) is 24.3 Å². The van der Waals surface area contributed by atoms with Crippen molar-refractivity contribution >= 4 is 33.9 Å². The average Bonchev–Trinajstić information content (AvgIpc) is 3.63. The summed E-state index contributed by atoms with van der Waals surface area (Å²) >= 11 is 0. The summed E-state index contributed by atoms with van der Waals surface area (Å²) in [7, 11) is 0. The van der Waals surface area contributed by atoms with Gasteiger partial charge in [0.2, 0.25) is 0 Å². The van der Waals surface area contributed by atoms with E-state index in [4.69, 9.17) is 5.26 Å². The molecular weight excluding hydrogens is 648 g/mol. The Bertz CT molecular complexity index is 2330. The van der Waals surface area contributed by atoms with Crippen molar-refractivity contribution in [3.63, 3.8) is 0 Å². The van der Waals surface area contributed by atoms with Gasteiger partial charge in [0, 0.05) is 16.7 Å². The highest BCUT2D eigenvalue weighted by Gasteiger charge is 2.44. The Labute approximate surface area is 254 Å². The van der Waals surface area contributed by atoms with E-state index in [9.17, 15) is 38.6 Å². The third-order valence-corrected chi connectivity index (χ3v) is 7.03.